The van der Waals surface area contributed by atoms with E-state index in [1.165, 1.54) is 0 Å². The van der Waals surface area contributed by atoms with Gasteiger partial charge in [0.05, 0.1) is 6.10 Å². The lowest BCUT2D eigenvalue weighted by molar-refractivity contribution is 0.101. The molecule has 0 amide bonds. The molecule has 3 heteroatoms. The summed E-state index contributed by atoms with van der Waals surface area (Å²) in [6.07, 6.45) is 1.78. The summed E-state index contributed by atoms with van der Waals surface area (Å²) in [5, 5.41) is 14.1. The van der Waals surface area contributed by atoms with Crippen molar-refractivity contribution < 1.29 is 5.11 Å². The van der Waals surface area contributed by atoms with Crippen molar-refractivity contribution >= 4 is 11.6 Å². The van der Waals surface area contributed by atoms with Crippen molar-refractivity contribution in [2.75, 3.05) is 6.54 Å². The van der Waals surface area contributed by atoms with Gasteiger partial charge in [-0.1, -0.05) is 50.4 Å². The minimum absolute atomic E-state index is 0.263. The standard InChI is InChI=1S/C15H24ClNO/c1-4-13(5-2)15(18)10-17-9-12-7-6-11(3)14(16)8-12/h6-8,13,15,17-18H,4-5,9-10H2,1-3H3. The molecule has 0 radical (unpaired) electrons. The maximum Gasteiger partial charge on any atom is 0.0692 e. The van der Waals surface area contributed by atoms with Crippen LogP contribution in [0, 0.1) is 12.8 Å². The highest BCUT2D eigenvalue weighted by molar-refractivity contribution is 6.31. The molecule has 1 unspecified atom stereocenters. The van der Waals surface area contributed by atoms with Gasteiger partial charge in [0.2, 0.25) is 0 Å². The van der Waals surface area contributed by atoms with Crippen LogP contribution in [0.5, 0.6) is 0 Å². The Hall–Kier alpha value is -0.570. The van der Waals surface area contributed by atoms with Crippen molar-refractivity contribution in [1.29, 1.82) is 0 Å². The minimum atomic E-state index is -0.263. The number of nitrogens with one attached hydrogen (secondary N) is 1. The molecule has 1 aromatic rings. The van der Waals surface area contributed by atoms with Crippen molar-refractivity contribution in [2.45, 2.75) is 46.3 Å². The predicted octanol–water partition coefficient (Wildman–Crippen LogP) is 3.54. The second-order valence-electron chi connectivity index (χ2n) is 4.86. The Morgan fingerprint density at radius 1 is 1.28 bits per heavy atom. The largest absolute Gasteiger partial charge is 0.392 e. The Morgan fingerprint density at radius 2 is 1.94 bits per heavy atom. The molecule has 0 aromatic heterocycles. The first-order chi connectivity index (χ1) is 8.58. The molecular weight excluding hydrogens is 246 g/mol. The number of aliphatic hydroxyl groups excluding tert-OH is 1. The minimum Gasteiger partial charge on any atom is -0.392 e. The van der Waals surface area contributed by atoms with Gasteiger partial charge < -0.3 is 10.4 Å². The summed E-state index contributed by atoms with van der Waals surface area (Å²) in [6, 6.07) is 6.07. The van der Waals surface area contributed by atoms with Crippen molar-refractivity contribution in [1.82, 2.24) is 5.32 Å². The molecule has 0 saturated heterocycles. The second-order valence-corrected chi connectivity index (χ2v) is 5.27. The number of benzene rings is 1. The first-order valence-corrected chi connectivity index (χ1v) is 7.10. The van der Waals surface area contributed by atoms with Crippen LogP contribution in [0.2, 0.25) is 5.02 Å². The quantitative estimate of drug-likeness (QED) is 0.794. The third kappa shape index (κ3) is 4.60. The molecule has 1 atom stereocenters. The van der Waals surface area contributed by atoms with Gasteiger partial charge in [-0.3, -0.25) is 0 Å². The van der Waals surface area contributed by atoms with Crippen molar-refractivity contribution in [3.8, 4) is 0 Å². The summed E-state index contributed by atoms with van der Waals surface area (Å²) < 4.78 is 0. The fraction of sp³-hybridized carbons (Fsp3) is 0.600. The average molecular weight is 270 g/mol. The molecule has 2 N–H and O–H groups in total. The zero-order valence-electron chi connectivity index (χ0n) is 11.5. The van der Waals surface area contributed by atoms with E-state index < -0.39 is 0 Å². The maximum absolute atomic E-state index is 10.00. The van der Waals surface area contributed by atoms with Gasteiger partial charge in [-0.15, -0.1) is 0 Å². The van der Waals surface area contributed by atoms with Crippen LogP contribution in [-0.2, 0) is 6.54 Å². The summed E-state index contributed by atoms with van der Waals surface area (Å²) >= 11 is 6.07. The lowest BCUT2D eigenvalue weighted by atomic mass is 9.96. The van der Waals surface area contributed by atoms with E-state index in [1.807, 2.05) is 19.1 Å². The van der Waals surface area contributed by atoms with Gasteiger partial charge in [0.15, 0.2) is 0 Å². The molecule has 0 bridgehead atoms. The first kappa shape index (κ1) is 15.5. The number of aliphatic hydroxyl groups is 1. The molecule has 0 spiro atoms. The normalized spacial score (nSPS) is 13.0. The Balaban J connectivity index is 2.39. The smallest absolute Gasteiger partial charge is 0.0692 e. The number of aryl methyl sites for hydroxylation is 1. The number of hydrogen-bond donors (Lipinski definition) is 2. The summed E-state index contributed by atoms with van der Waals surface area (Å²) in [5.41, 5.74) is 2.25. The van der Waals surface area contributed by atoms with Gasteiger partial charge in [-0.25, -0.2) is 0 Å². The van der Waals surface area contributed by atoms with E-state index >= 15 is 0 Å². The van der Waals surface area contributed by atoms with Crippen LogP contribution in [0.1, 0.15) is 37.8 Å². The molecule has 0 aliphatic heterocycles. The van der Waals surface area contributed by atoms with Crippen LogP contribution in [0.4, 0.5) is 0 Å². The van der Waals surface area contributed by atoms with E-state index in [2.05, 4.69) is 25.2 Å². The second kappa shape index (κ2) is 7.78. The average Bonchev–Trinajstić information content (AvgIpc) is 2.35. The summed E-state index contributed by atoms with van der Waals surface area (Å²) in [5.74, 6) is 0.388. The molecule has 0 aliphatic rings. The van der Waals surface area contributed by atoms with Crippen molar-refractivity contribution in [2.24, 2.45) is 5.92 Å². The molecule has 2 nitrogen and oxygen atoms in total. The molecular formula is C15H24ClNO. The fourth-order valence-electron chi connectivity index (χ4n) is 2.11. The fourth-order valence-corrected chi connectivity index (χ4v) is 2.31. The maximum atomic E-state index is 10.00. The van der Waals surface area contributed by atoms with E-state index in [9.17, 15) is 5.11 Å². The van der Waals surface area contributed by atoms with Crippen LogP contribution < -0.4 is 5.32 Å². The third-order valence-corrected chi connectivity index (χ3v) is 3.92. The van der Waals surface area contributed by atoms with Gasteiger partial charge >= 0.3 is 0 Å². The highest BCUT2D eigenvalue weighted by Crippen LogP contribution is 2.17. The van der Waals surface area contributed by atoms with E-state index in [0.717, 1.165) is 35.5 Å². The monoisotopic (exact) mass is 269 g/mol. The van der Waals surface area contributed by atoms with E-state index in [1.54, 1.807) is 0 Å². The van der Waals surface area contributed by atoms with E-state index in [-0.39, 0.29) is 6.10 Å². The molecule has 18 heavy (non-hydrogen) atoms. The number of halogens is 1. The van der Waals surface area contributed by atoms with Crippen LogP contribution in [0.15, 0.2) is 18.2 Å². The molecule has 0 saturated carbocycles. The zero-order chi connectivity index (χ0) is 13.5. The lowest BCUT2D eigenvalue weighted by Gasteiger charge is -2.20. The number of hydrogen-bond acceptors (Lipinski definition) is 2. The number of rotatable bonds is 7. The molecule has 0 aliphatic carbocycles. The first-order valence-electron chi connectivity index (χ1n) is 6.72. The molecule has 0 fully saturated rings. The van der Waals surface area contributed by atoms with E-state index in [0.29, 0.717) is 12.5 Å². The van der Waals surface area contributed by atoms with Crippen LogP contribution >= 0.6 is 11.6 Å². The van der Waals surface area contributed by atoms with Crippen LogP contribution in [-0.4, -0.2) is 17.8 Å². The van der Waals surface area contributed by atoms with Crippen molar-refractivity contribution in [3.05, 3.63) is 34.3 Å². The van der Waals surface area contributed by atoms with Gasteiger partial charge in [0.1, 0.15) is 0 Å². The van der Waals surface area contributed by atoms with Gasteiger partial charge in [0.25, 0.3) is 0 Å². The van der Waals surface area contributed by atoms with E-state index in [4.69, 9.17) is 11.6 Å². The topological polar surface area (TPSA) is 32.3 Å². The van der Waals surface area contributed by atoms with Crippen LogP contribution in [0.3, 0.4) is 0 Å². The predicted molar refractivity (Wildman–Crippen MR) is 78.0 cm³/mol. The highest BCUT2D eigenvalue weighted by atomic mass is 35.5. The van der Waals surface area contributed by atoms with Gasteiger partial charge in [-0.2, -0.15) is 0 Å². The zero-order valence-corrected chi connectivity index (χ0v) is 12.3. The summed E-state index contributed by atoms with van der Waals surface area (Å²) in [6.45, 7) is 7.62. The van der Waals surface area contributed by atoms with Gasteiger partial charge in [-0.05, 0) is 30.0 Å². The van der Waals surface area contributed by atoms with Crippen molar-refractivity contribution in [3.63, 3.8) is 0 Å². The van der Waals surface area contributed by atoms with Gasteiger partial charge in [0, 0.05) is 18.1 Å². The molecule has 102 valence electrons. The SMILES string of the molecule is CCC(CC)C(O)CNCc1ccc(C)c(Cl)c1. The Kier molecular flexibility index (Phi) is 6.69. The third-order valence-electron chi connectivity index (χ3n) is 3.51. The van der Waals surface area contributed by atoms with Crippen LogP contribution in [0.25, 0.3) is 0 Å². The summed E-state index contributed by atoms with van der Waals surface area (Å²) in [7, 11) is 0. The highest BCUT2D eigenvalue weighted by Gasteiger charge is 2.14. The Morgan fingerprint density at radius 3 is 2.50 bits per heavy atom. The Bertz CT molecular complexity index is 364. The molecule has 0 heterocycles. The lowest BCUT2D eigenvalue weighted by Crippen LogP contribution is -2.32. The molecule has 1 aromatic carbocycles. The molecule has 1 rings (SSSR count). The summed E-state index contributed by atoms with van der Waals surface area (Å²) in [4.78, 5) is 0. The Labute approximate surface area is 115 Å².